The quantitative estimate of drug-likeness (QED) is 0.380. The summed E-state index contributed by atoms with van der Waals surface area (Å²) in [6.07, 6.45) is 2.21. The van der Waals surface area contributed by atoms with Crippen molar-refractivity contribution in [3.63, 3.8) is 0 Å². The van der Waals surface area contributed by atoms with Crippen LogP contribution in [0.2, 0.25) is 0 Å². The number of hydrogen-bond acceptors (Lipinski definition) is 3. The molecule has 3 heteroatoms. The number of hydrogen-bond donors (Lipinski definition) is 0. The molecule has 0 unspecified atom stereocenters. The molecule has 0 saturated carbocycles. The Kier molecular flexibility index (Phi) is 6.14. The maximum Gasteiger partial charge on any atom is 0.190 e. The SMILES string of the molecule is CC(=O)C1=C(C)C[C@@]2(C)C[C@@]3(C)Cc4c(C(C)C)cc(-c5ccc(C)cc5)c(C)c4C(=O)C3=C(C)[C@@]2(C)C1=O. The van der Waals surface area contributed by atoms with Gasteiger partial charge in [-0.2, -0.15) is 0 Å². The Hall–Kier alpha value is -3.07. The van der Waals surface area contributed by atoms with Gasteiger partial charge in [-0.3, -0.25) is 14.4 Å². The van der Waals surface area contributed by atoms with E-state index in [1.807, 2.05) is 20.8 Å². The van der Waals surface area contributed by atoms with E-state index in [1.165, 1.54) is 23.6 Å². The molecule has 3 aliphatic carbocycles. The zero-order valence-electron chi connectivity index (χ0n) is 25.3. The zero-order valence-corrected chi connectivity index (χ0v) is 25.3. The van der Waals surface area contributed by atoms with Gasteiger partial charge >= 0.3 is 0 Å². The van der Waals surface area contributed by atoms with Crippen LogP contribution in [0.15, 0.2) is 52.6 Å². The lowest BCUT2D eigenvalue weighted by Gasteiger charge is -2.59. The Morgan fingerprint density at radius 1 is 0.923 bits per heavy atom. The number of rotatable bonds is 3. The first-order valence-electron chi connectivity index (χ1n) is 14.3. The number of benzene rings is 2. The molecule has 0 saturated heterocycles. The molecule has 5 rings (SSSR count). The van der Waals surface area contributed by atoms with Crippen LogP contribution in [-0.2, 0) is 16.0 Å². The number of aryl methyl sites for hydroxylation is 1. The molecule has 39 heavy (non-hydrogen) atoms. The van der Waals surface area contributed by atoms with Crippen LogP contribution in [0.3, 0.4) is 0 Å². The molecule has 0 amide bonds. The van der Waals surface area contributed by atoms with Crippen molar-refractivity contribution >= 4 is 17.3 Å². The minimum absolute atomic E-state index is 0.0661. The van der Waals surface area contributed by atoms with Crippen LogP contribution >= 0.6 is 0 Å². The Morgan fingerprint density at radius 2 is 1.54 bits per heavy atom. The normalized spacial score (nSPS) is 28.5. The number of ketones is 3. The maximum atomic E-state index is 14.8. The highest BCUT2D eigenvalue weighted by Crippen LogP contribution is 2.66. The van der Waals surface area contributed by atoms with Crippen molar-refractivity contribution in [2.45, 2.75) is 94.4 Å². The van der Waals surface area contributed by atoms with E-state index in [9.17, 15) is 14.4 Å². The fraction of sp³-hybridized carbons (Fsp3) is 0.472. The first-order valence-corrected chi connectivity index (χ1v) is 14.3. The summed E-state index contributed by atoms with van der Waals surface area (Å²) in [5, 5.41) is 0. The highest BCUT2D eigenvalue weighted by atomic mass is 16.2. The lowest BCUT2D eigenvalue weighted by atomic mass is 9.42. The third kappa shape index (κ3) is 3.65. The lowest BCUT2D eigenvalue weighted by Crippen LogP contribution is -2.57. The van der Waals surface area contributed by atoms with Gasteiger partial charge in [0.25, 0.3) is 0 Å². The molecular formula is C36H42O3. The van der Waals surface area contributed by atoms with Crippen LogP contribution in [0.1, 0.15) is 107 Å². The summed E-state index contributed by atoms with van der Waals surface area (Å²) in [6.45, 7) is 20.4. The molecule has 0 N–H and O–H groups in total. The Balaban J connectivity index is 1.80. The van der Waals surface area contributed by atoms with Crippen LogP contribution in [-0.4, -0.2) is 17.3 Å². The van der Waals surface area contributed by atoms with Gasteiger partial charge in [0, 0.05) is 16.6 Å². The van der Waals surface area contributed by atoms with Gasteiger partial charge in [0.15, 0.2) is 17.3 Å². The molecule has 2 aromatic carbocycles. The number of fused-ring (bicyclic) bond motifs is 3. The average molecular weight is 523 g/mol. The van der Waals surface area contributed by atoms with Crippen LogP contribution in [0.5, 0.6) is 0 Å². The van der Waals surface area contributed by atoms with E-state index in [0.29, 0.717) is 12.0 Å². The minimum Gasteiger partial charge on any atom is -0.294 e. The van der Waals surface area contributed by atoms with Gasteiger partial charge in [-0.25, -0.2) is 0 Å². The zero-order chi connectivity index (χ0) is 28.8. The Bertz CT molecular complexity index is 1530. The summed E-state index contributed by atoms with van der Waals surface area (Å²) < 4.78 is 0. The van der Waals surface area contributed by atoms with Crippen molar-refractivity contribution in [3.05, 3.63) is 80.4 Å². The van der Waals surface area contributed by atoms with Crippen molar-refractivity contribution in [3.8, 4) is 11.1 Å². The molecule has 0 spiro atoms. The first kappa shape index (κ1) is 27.5. The summed E-state index contributed by atoms with van der Waals surface area (Å²) in [7, 11) is 0. The van der Waals surface area contributed by atoms with E-state index >= 15 is 0 Å². The van der Waals surface area contributed by atoms with E-state index in [1.54, 1.807) is 0 Å². The predicted octanol–water partition coefficient (Wildman–Crippen LogP) is 8.45. The van der Waals surface area contributed by atoms with Gasteiger partial charge in [0.05, 0.1) is 11.0 Å². The second kappa shape index (κ2) is 8.71. The second-order valence-electron chi connectivity index (χ2n) is 13.7. The van der Waals surface area contributed by atoms with Crippen LogP contribution in [0.4, 0.5) is 0 Å². The molecule has 0 aromatic heterocycles. The summed E-state index contributed by atoms with van der Waals surface area (Å²) in [4.78, 5) is 41.5. The van der Waals surface area contributed by atoms with Crippen molar-refractivity contribution in [2.75, 3.05) is 0 Å². The summed E-state index contributed by atoms with van der Waals surface area (Å²) in [6, 6.07) is 10.8. The van der Waals surface area contributed by atoms with Gasteiger partial charge in [-0.1, -0.05) is 74.7 Å². The summed E-state index contributed by atoms with van der Waals surface area (Å²) in [5.74, 6) is 0.0548. The fourth-order valence-corrected chi connectivity index (χ4v) is 8.56. The van der Waals surface area contributed by atoms with Crippen LogP contribution in [0, 0.1) is 30.1 Å². The van der Waals surface area contributed by atoms with Crippen molar-refractivity contribution in [2.24, 2.45) is 16.2 Å². The molecule has 3 aliphatic rings. The molecule has 0 heterocycles. The summed E-state index contributed by atoms with van der Waals surface area (Å²) in [5.41, 5.74) is 8.91. The van der Waals surface area contributed by atoms with Crippen molar-refractivity contribution < 1.29 is 14.4 Å². The molecule has 3 nitrogen and oxygen atoms in total. The van der Waals surface area contributed by atoms with E-state index < -0.39 is 5.41 Å². The topological polar surface area (TPSA) is 51.2 Å². The summed E-state index contributed by atoms with van der Waals surface area (Å²) >= 11 is 0. The molecule has 2 aromatic rings. The monoisotopic (exact) mass is 522 g/mol. The van der Waals surface area contributed by atoms with Crippen LogP contribution in [0.25, 0.3) is 11.1 Å². The molecule has 0 aliphatic heterocycles. The van der Waals surface area contributed by atoms with Gasteiger partial charge in [-0.05, 0) is 100.0 Å². The van der Waals surface area contributed by atoms with Crippen molar-refractivity contribution in [1.29, 1.82) is 0 Å². The Morgan fingerprint density at radius 3 is 2.10 bits per heavy atom. The van der Waals surface area contributed by atoms with Gasteiger partial charge in [-0.15, -0.1) is 0 Å². The molecule has 204 valence electrons. The molecule has 3 atom stereocenters. The fourth-order valence-electron chi connectivity index (χ4n) is 8.56. The first-order chi connectivity index (χ1) is 18.1. The predicted molar refractivity (Wildman–Crippen MR) is 158 cm³/mol. The van der Waals surface area contributed by atoms with E-state index in [4.69, 9.17) is 0 Å². The molecule has 0 radical (unpaired) electrons. The van der Waals surface area contributed by atoms with Crippen molar-refractivity contribution in [1.82, 2.24) is 0 Å². The lowest BCUT2D eigenvalue weighted by molar-refractivity contribution is -0.134. The third-order valence-corrected chi connectivity index (χ3v) is 10.6. The van der Waals surface area contributed by atoms with Gasteiger partial charge in [0.2, 0.25) is 0 Å². The molecule has 0 bridgehead atoms. The standard InChI is InChI=1S/C36H42O3/c1-19(2)26-15-27(25-13-11-20(3)12-14-25)22(5)30-28(26)17-34(8)18-35(9)16-21(4)29(24(7)37)33(39)36(35,10)23(6)31(34)32(30)38/h11-15,19H,16-18H2,1-10H3/t34-,35+,36+/m1/s1. The number of Topliss-reactive ketones (excluding diaryl/α,β-unsaturated/α-hetero) is 3. The van der Waals surface area contributed by atoms with Gasteiger partial charge in [0.1, 0.15) is 0 Å². The van der Waals surface area contributed by atoms with E-state index in [-0.39, 0.29) is 34.1 Å². The maximum absolute atomic E-state index is 14.8. The number of carbonyl (C=O) groups is 3. The highest BCUT2D eigenvalue weighted by molar-refractivity contribution is 6.24. The number of carbonyl (C=O) groups excluding carboxylic acids is 3. The second-order valence-corrected chi connectivity index (χ2v) is 13.7. The van der Waals surface area contributed by atoms with Crippen LogP contribution < -0.4 is 0 Å². The smallest absolute Gasteiger partial charge is 0.190 e. The molecular weight excluding hydrogens is 480 g/mol. The Labute approximate surface area is 233 Å². The van der Waals surface area contributed by atoms with E-state index in [0.717, 1.165) is 51.8 Å². The average Bonchev–Trinajstić information content (AvgIpc) is 2.81. The highest BCUT2D eigenvalue weighted by Gasteiger charge is 2.63. The van der Waals surface area contributed by atoms with Gasteiger partial charge < -0.3 is 0 Å². The number of allylic oxidation sites excluding steroid dienone is 4. The largest absolute Gasteiger partial charge is 0.294 e. The van der Waals surface area contributed by atoms with E-state index in [2.05, 4.69) is 71.9 Å². The third-order valence-electron chi connectivity index (χ3n) is 10.6. The minimum atomic E-state index is -0.890. The molecule has 0 fully saturated rings.